The van der Waals surface area contributed by atoms with Crippen molar-refractivity contribution in [2.24, 2.45) is 34.6 Å². The highest BCUT2D eigenvalue weighted by molar-refractivity contribution is 7.80. The monoisotopic (exact) mass is 1700 g/mol. The van der Waals surface area contributed by atoms with Crippen LogP contribution in [0.4, 0.5) is 0 Å². The summed E-state index contributed by atoms with van der Waals surface area (Å²) in [5.74, 6) is -22.0. The summed E-state index contributed by atoms with van der Waals surface area (Å²) in [7, 11) is 0. The van der Waals surface area contributed by atoms with E-state index < -0.39 is 261 Å². The van der Waals surface area contributed by atoms with E-state index in [0.717, 1.165) is 13.8 Å². The third-order valence-corrected chi connectivity index (χ3v) is 19.1. The molecule has 2 aromatic heterocycles. The number of aliphatic hydroxyl groups is 1. The van der Waals surface area contributed by atoms with Crippen LogP contribution >= 0.6 is 25.3 Å². The van der Waals surface area contributed by atoms with Crippen LogP contribution in [0.25, 0.3) is 21.8 Å². The van der Waals surface area contributed by atoms with Crippen LogP contribution in [0.3, 0.4) is 0 Å². The molecule has 0 saturated heterocycles. The van der Waals surface area contributed by atoms with Gasteiger partial charge in [-0.25, -0.2) is 0 Å². The van der Waals surface area contributed by atoms with Crippen LogP contribution in [0.2, 0.25) is 0 Å². The lowest BCUT2D eigenvalue weighted by atomic mass is 9.99. The second-order valence-electron chi connectivity index (χ2n) is 28.4. The van der Waals surface area contributed by atoms with E-state index in [1.54, 1.807) is 68.6 Å². The van der Waals surface area contributed by atoms with Crippen LogP contribution in [0.15, 0.2) is 85.2 Å². The normalized spacial score (nSPS) is 14.4. The molecule has 44 heteroatoms. The number of aliphatic hydroxyl groups excluding tert-OH is 1. The summed E-state index contributed by atoms with van der Waals surface area (Å²) in [6, 6.07) is -1.57. The van der Waals surface area contributed by atoms with Crippen molar-refractivity contribution in [3.8, 4) is 5.75 Å². The average molecular weight is 1700 g/mol. The molecule has 0 aliphatic carbocycles. The average Bonchev–Trinajstić information content (AvgIpc) is 1.37. The van der Waals surface area contributed by atoms with Gasteiger partial charge in [0.05, 0.1) is 25.5 Å². The Kier molecular flexibility index (Phi) is 38.5. The SMILES string of the molecule is CC(=O)N[C@@H](CS)C(=O)N[C@@H](CCC(N)=O)C(=O)N[C@H](C(=O)N[C@@H](Cc1c[nH]c2ccccc12)C(=O)N[C@@H](CCC(N)=O)C(=O)N[C@@H](CS)C(=O)N[C@@H](Cc1ccc(O)cc1)C(=O)N[C@@H](Cc1c[nH]c2ccccc12)C(=O)N[C@@H](CCC(C)C)C(=O)N[C@@H](CCC(=O)O)C(=O)N[C@@H](CC(N)=O)C(=O)NCC(=O)N[C@@H](CC(N)=O)C(N)=O)[C@@H](C)O. The lowest BCUT2D eigenvalue weighted by molar-refractivity contribution is -0.139. The first-order valence-electron chi connectivity index (χ1n) is 37.5. The molecule has 0 aliphatic rings. The number of hydrogen-bond donors (Lipinski definition) is 25. The predicted octanol–water partition coefficient (Wildman–Crippen LogP) is -6.36. The van der Waals surface area contributed by atoms with E-state index in [1.807, 2.05) is 0 Å². The zero-order chi connectivity index (χ0) is 88.5. The quantitative estimate of drug-likeness (QED) is 0.0161. The maximum Gasteiger partial charge on any atom is 0.303 e. The van der Waals surface area contributed by atoms with Crippen molar-refractivity contribution < 1.29 is 106 Å². The number of carbonyl (C=O) groups is 19. The van der Waals surface area contributed by atoms with Crippen molar-refractivity contribution in [1.82, 2.24) is 79.1 Å². The summed E-state index contributed by atoms with van der Waals surface area (Å²) >= 11 is 8.44. The molecule has 13 atom stereocenters. The van der Waals surface area contributed by atoms with Crippen LogP contribution in [0.1, 0.15) is 109 Å². The number of aromatic amines is 2. The summed E-state index contributed by atoms with van der Waals surface area (Å²) in [6.45, 7) is 4.84. The van der Waals surface area contributed by atoms with E-state index in [9.17, 15) is 96.8 Å². The van der Waals surface area contributed by atoms with E-state index in [4.69, 9.17) is 28.7 Å². The van der Waals surface area contributed by atoms with Gasteiger partial charge in [-0.2, -0.15) is 25.3 Å². The van der Waals surface area contributed by atoms with Gasteiger partial charge in [0.25, 0.3) is 0 Å². The number of phenolic OH excluding ortho intramolecular Hbond substituents is 1. The highest BCUT2D eigenvalue weighted by Crippen LogP contribution is 2.23. The molecule has 0 radical (unpaired) electrons. The van der Waals surface area contributed by atoms with Crippen molar-refractivity contribution in [2.45, 2.75) is 190 Å². The molecular formula is C75H102N20O22S2. The number of fused-ring (bicyclic) bond motifs is 2. The van der Waals surface area contributed by atoms with Crippen molar-refractivity contribution >= 4 is 159 Å². The van der Waals surface area contributed by atoms with Crippen LogP contribution in [0.5, 0.6) is 5.75 Å². The molecule has 28 N–H and O–H groups in total. The Morgan fingerprint density at radius 3 is 1.18 bits per heavy atom. The zero-order valence-corrected chi connectivity index (χ0v) is 67.1. The van der Waals surface area contributed by atoms with Gasteiger partial charge in [0.2, 0.25) is 106 Å². The molecule has 2 heterocycles. The largest absolute Gasteiger partial charge is 0.508 e. The van der Waals surface area contributed by atoms with Crippen LogP contribution in [-0.2, 0) is 110 Å². The second kappa shape index (κ2) is 47.4. The maximum atomic E-state index is 15.2. The molecule has 18 amide bonds. The maximum absolute atomic E-state index is 15.2. The van der Waals surface area contributed by atoms with Crippen LogP contribution in [-0.4, -0.2) is 234 Å². The third kappa shape index (κ3) is 32.3. The number of aliphatic carboxylic acids is 1. The number of carboxylic acid groups (broad SMARTS) is 1. The number of nitrogens with one attached hydrogen (secondary N) is 15. The van der Waals surface area contributed by atoms with E-state index >= 15 is 9.59 Å². The molecule has 5 rings (SSSR count). The molecule has 5 aromatic rings. The van der Waals surface area contributed by atoms with Gasteiger partial charge in [-0.15, -0.1) is 0 Å². The molecule has 0 fully saturated rings. The molecule has 42 nitrogen and oxygen atoms in total. The third-order valence-electron chi connectivity index (χ3n) is 18.3. The van der Waals surface area contributed by atoms with Gasteiger partial charge < -0.3 is 123 Å². The Hall–Kier alpha value is -12.9. The van der Waals surface area contributed by atoms with Gasteiger partial charge in [-0.1, -0.05) is 62.4 Å². The Balaban J connectivity index is 1.47. The summed E-state index contributed by atoms with van der Waals surface area (Å²) in [5, 5.41) is 63.4. The number of primary amides is 5. The molecule has 119 heavy (non-hydrogen) atoms. The molecule has 0 bridgehead atoms. The molecule has 0 unspecified atom stereocenters. The first kappa shape index (κ1) is 96.7. The number of carbonyl (C=O) groups excluding carboxylic acids is 18. The topological polar surface area (TPSA) is 703 Å². The number of H-pyrrole nitrogens is 2. The standard InChI is InChI=1S/C75H102N20O22S2/c1-35(2)13-18-46(66(108)86-49(21-24-62(104)105)67(109)92-54(29-60(79)102)65(107)83-32-61(103)85-50(64(80)106)28-59(78)101)87-71(113)52(26-39-30-81-44-11-7-5-9-42(39)44)91-70(112)51(25-38-14-16-41(98)17-15-38)90-74(116)56(34-119)94-68(110)47(19-22-57(76)99)88-72(114)53(27-40-31-82-45-12-8-6-10-43(40)45)93-75(117)63(36(3)96)95-69(111)48(20-23-58(77)100)89-73(115)55(33-118)84-37(4)97/h5-12,14-17,30-31,35-36,46-56,63,81-82,96,98,118-119H,13,18-29,32-34H2,1-4H3,(H2,76,99)(H2,77,100)(H2,78,101)(H2,79,102)(H2,80,106)(H,83,107)(H,84,97)(H,85,103)(H,86,108)(H,87,113)(H,88,114)(H,89,115)(H,90,116)(H,91,112)(H,92,109)(H,93,117)(H,94,110)(H,95,111)(H,104,105)/t36-,46+,47+,48+,49+,50+,51+,52+,53+,54+,55+,56+,63+/m1/s1. The van der Waals surface area contributed by atoms with Gasteiger partial charge in [0.15, 0.2) is 0 Å². The number of thiol groups is 2. The molecule has 646 valence electrons. The van der Waals surface area contributed by atoms with Gasteiger partial charge >= 0.3 is 5.97 Å². The van der Waals surface area contributed by atoms with E-state index in [2.05, 4.69) is 104 Å². The smallest absolute Gasteiger partial charge is 0.303 e. The lowest BCUT2D eigenvalue weighted by Gasteiger charge is -2.29. The Labute approximate surface area is 691 Å². The number of benzene rings is 3. The van der Waals surface area contributed by atoms with Gasteiger partial charge in [-0.3, -0.25) is 91.1 Å². The van der Waals surface area contributed by atoms with Gasteiger partial charge in [0.1, 0.15) is 78.3 Å². The number of rotatable bonds is 51. The van der Waals surface area contributed by atoms with Crippen LogP contribution in [0, 0.1) is 5.92 Å². The van der Waals surface area contributed by atoms with Crippen molar-refractivity contribution in [3.05, 3.63) is 102 Å². The Morgan fingerprint density at radius 1 is 0.395 bits per heavy atom. The fourth-order valence-electron chi connectivity index (χ4n) is 12.1. The summed E-state index contributed by atoms with van der Waals surface area (Å²) in [5.41, 5.74) is 29.0. The molecule has 0 saturated carbocycles. The first-order chi connectivity index (χ1) is 56.2. The number of amides is 18. The number of carboxylic acids is 1. The Morgan fingerprint density at radius 2 is 0.765 bits per heavy atom. The van der Waals surface area contributed by atoms with Crippen molar-refractivity contribution in [3.63, 3.8) is 0 Å². The molecule has 0 aliphatic heterocycles. The minimum Gasteiger partial charge on any atom is -0.508 e. The van der Waals surface area contributed by atoms with E-state index in [1.165, 1.54) is 30.5 Å². The lowest BCUT2D eigenvalue weighted by Crippen LogP contribution is -2.62. The molecule has 3 aromatic carbocycles. The molecular weight excluding hydrogens is 1600 g/mol. The number of aromatic nitrogens is 2. The second-order valence-corrected chi connectivity index (χ2v) is 29.1. The highest BCUT2D eigenvalue weighted by atomic mass is 32.1. The van der Waals surface area contributed by atoms with Gasteiger partial charge in [-0.05, 0) is 85.9 Å². The molecule has 0 spiro atoms. The van der Waals surface area contributed by atoms with Crippen LogP contribution < -0.4 is 97.8 Å². The number of nitrogens with two attached hydrogens (primary N) is 5. The Bertz CT molecular complexity index is 4520. The minimum absolute atomic E-state index is 0.177. The fraction of sp³-hybridized carbons (Fsp3) is 0.453. The number of hydrogen-bond acceptors (Lipinski definition) is 23. The van der Waals surface area contributed by atoms with Crippen molar-refractivity contribution in [2.75, 3.05) is 18.1 Å². The predicted molar refractivity (Wildman–Crippen MR) is 432 cm³/mol. The number of phenols is 1. The van der Waals surface area contributed by atoms with Crippen molar-refractivity contribution in [1.29, 1.82) is 0 Å². The first-order valence-corrected chi connectivity index (χ1v) is 38.7. The zero-order valence-electron chi connectivity index (χ0n) is 65.4. The highest BCUT2D eigenvalue weighted by Gasteiger charge is 2.39. The van der Waals surface area contributed by atoms with E-state index in [0.29, 0.717) is 38.5 Å². The summed E-state index contributed by atoms with van der Waals surface area (Å²) < 4.78 is 0. The minimum atomic E-state index is -1.93. The number of para-hydroxylation sites is 2. The summed E-state index contributed by atoms with van der Waals surface area (Å²) in [4.78, 5) is 261. The summed E-state index contributed by atoms with van der Waals surface area (Å²) in [6.07, 6.45) is -5.03. The van der Waals surface area contributed by atoms with Gasteiger partial charge in [0, 0.05) is 91.2 Å². The number of aromatic hydroxyl groups is 1. The van der Waals surface area contributed by atoms with E-state index in [-0.39, 0.29) is 43.1 Å². The fourth-order valence-corrected chi connectivity index (χ4v) is 12.6.